The number of amides is 1. The Labute approximate surface area is 80.8 Å². The molecule has 0 radical (unpaired) electrons. The van der Waals surface area contributed by atoms with Gasteiger partial charge in [-0.05, 0) is 27.8 Å². The molecule has 0 saturated heterocycles. The molecular formula is C10H20N2O. The van der Waals surface area contributed by atoms with Crippen LogP contribution in [0.25, 0.3) is 0 Å². The topological polar surface area (TPSA) is 32.3 Å². The zero-order valence-electron chi connectivity index (χ0n) is 9.05. The first-order valence-corrected chi connectivity index (χ1v) is 4.67. The van der Waals surface area contributed by atoms with Gasteiger partial charge in [0.15, 0.2) is 0 Å². The van der Waals surface area contributed by atoms with Crippen molar-refractivity contribution >= 4 is 5.91 Å². The lowest BCUT2D eigenvalue weighted by Crippen LogP contribution is -2.39. The van der Waals surface area contributed by atoms with Crippen LogP contribution in [-0.2, 0) is 4.79 Å². The van der Waals surface area contributed by atoms with Crippen LogP contribution in [0.4, 0.5) is 0 Å². The lowest BCUT2D eigenvalue weighted by atomic mass is 10.2. The molecule has 0 bridgehead atoms. The lowest BCUT2D eigenvalue weighted by Gasteiger charge is -2.25. The Kier molecular flexibility index (Phi) is 5.39. The Hall–Kier alpha value is -0.830. The van der Waals surface area contributed by atoms with Crippen molar-refractivity contribution in [3.63, 3.8) is 0 Å². The Morgan fingerprint density at radius 2 is 2.08 bits per heavy atom. The molecular weight excluding hydrogens is 164 g/mol. The van der Waals surface area contributed by atoms with E-state index in [-0.39, 0.29) is 11.9 Å². The SMILES string of the molecule is C=C(CNC)C(=O)N(CC)C(C)C. The Balaban J connectivity index is 4.28. The third-order valence-electron chi connectivity index (χ3n) is 1.92. The molecule has 76 valence electrons. The number of likely N-dealkylation sites (N-methyl/N-ethyl adjacent to an activating group) is 2. The van der Waals surface area contributed by atoms with Crippen molar-refractivity contribution in [3.8, 4) is 0 Å². The first-order valence-electron chi connectivity index (χ1n) is 4.67. The van der Waals surface area contributed by atoms with E-state index in [1.807, 2.05) is 27.8 Å². The van der Waals surface area contributed by atoms with Crippen molar-refractivity contribution in [3.05, 3.63) is 12.2 Å². The highest BCUT2D eigenvalue weighted by atomic mass is 16.2. The third kappa shape index (κ3) is 3.59. The zero-order chi connectivity index (χ0) is 10.4. The second-order valence-corrected chi connectivity index (χ2v) is 3.32. The summed E-state index contributed by atoms with van der Waals surface area (Å²) in [6, 6.07) is 0.242. The van der Waals surface area contributed by atoms with Gasteiger partial charge in [-0.1, -0.05) is 6.58 Å². The van der Waals surface area contributed by atoms with E-state index < -0.39 is 0 Å². The van der Waals surface area contributed by atoms with Gasteiger partial charge in [-0.25, -0.2) is 0 Å². The predicted octanol–water partition coefficient (Wildman–Crippen LogP) is 1.02. The summed E-state index contributed by atoms with van der Waals surface area (Å²) in [4.78, 5) is 13.5. The fraction of sp³-hybridized carbons (Fsp3) is 0.700. The molecule has 0 atom stereocenters. The van der Waals surface area contributed by atoms with E-state index in [0.717, 1.165) is 6.54 Å². The van der Waals surface area contributed by atoms with Gasteiger partial charge in [0.1, 0.15) is 0 Å². The van der Waals surface area contributed by atoms with Crippen molar-refractivity contribution in [1.82, 2.24) is 10.2 Å². The second kappa shape index (κ2) is 5.75. The van der Waals surface area contributed by atoms with Crippen molar-refractivity contribution in [2.45, 2.75) is 26.8 Å². The van der Waals surface area contributed by atoms with Gasteiger partial charge in [-0.15, -0.1) is 0 Å². The number of rotatable bonds is 5. The molecule has 0 aliphatic heterocycles. The minimum absolute atomic E-state index is 0.0480. The van der Waals surface area contributed by atoms with Crippen molar-refractivity contribution in [2.24, 2.45) is 0 Å². The standard InChI is InChI=1S/C10H20N2O/c1-6-12(8(2)3)10(13)9(4)7-11-5/h8,11H,4,6-7H2,1-3,5H3. The molecule has 1 amide bonds. The average Bonchev–Trinajstić information content (AvgIpc) is 2.05. The van der Waals surface area contributed by atoms with Crippen LogP contribution in [0, 0.1) is 0 Å². The van der Waals surface area contributed by atoms with Gasteiger partial charge in [0.2, 0.25) is 0 Å². The molecule has 0 saturated carbocycles. The minimum atomic E-state index is 0.0480. The molecule has 3 nitrogen and oxygen atoms in total. The van der Waals surface area contributed by atoms with Crippen molar-refractivity contribution < 1.29 is 4.79 Å². The highest BCUT2D eigenvalue weighted by Gasteiger charge is 2.16. The van der Waals surface area contributed by atoms with Gasteiger partial charge in [-0.3, -0.25) is 4.79 Å². The van der Waals surface area contributed by atoms with Crippen LogP contribution >= 0.6 is 0 Å². The zero-order valence-corrected chi connectivity index (χ0v) is 9.05. The number of hydrogen-bond donors (Lipinski definition) is 1. The summed E-state index contributed by atoms with van der Waals surface area (Å²) >= 11 is 0. The fourth-order valence-electron chi connectivity index (χ4n) is 1.24. The fourth-order valence-corrected chi connectivity index (χ4v) is 1.24. The summed E-state index contributed by atoms with van der Waals surface area (Å²) in [5.41, 5.74) is 0.623. The normalized spacial score (nSPS) is 10.2. The van der Waals surface area contributed by atoms with Crippen LogP contribution < -0.4 is 5.32 Å². The maximum absolute atomic E-state index is 11.7. The van der Waals surface area contributed by atoms with Crippen LogP contribution in [0.3, 0.4) is 0 Å². The molecule has 13 heavy (non-hydrogen) atoms. The minimum Gasteiger partial charge on any atom is -0.337 e. The third-order valence-corrected chi connectivity index (χ3v) is 1.92. The molecule has 1 N–H and O–H groups in total. The van der Waals surface area contributed by atoms with Gasteiger partial charge in [0, 0.05) is 24.7 Å². The van der Waals surface area contributed by atoms with E-state index in [4.69, 9.17) is 0 Å². The quantitative estimate of drug-likeness (QED) is 0.647. The summed E-state index contributed by atoms with van der Waals surface area (Å²) in [6.07, 6.45) is 0. The molecule has 0 spiro atoms. The maximum atomic E-state index is 11.7. The molecule has 3 heteroatoms. The molecule has 0 aromatic heterocycles. The van der Waals surface area contributed by atoms with Crippen LogP contribution in [-0.4, -0.2) is 37.0 Å². The van der Waals surface area contributed by atoms with Crippen molar-refractivity contribution in [1.29, 1.82) is 0 Å². The van der Waals surface area contributed by atoms with E-state index in [0.29, 0.717) is 12.1 Å². The monoisotopic (exact) mass is 184 g/mol. The molecule has 0 aromatic rings. The summed E-state index contributed by atoms with van der Waals surface area (Å²) in [6.45, 7) is 11.0. The van der Waals surface area contributed by atoms with E-state index in [1.165, 1.54) is 0 Å². The summed E-state index contributed by atoms with van der Waals surface area (Å²) < 4.78 is 0. The number of carbonyl (C=O) groups excluding carboxylic acids is 1. The molecule has 0 unspecified atom stereocenters. The first kappa shape index (κ1) is 12.2. The first-order chi connectivity index (χ1) is 6.04. The number of carbonyl (C=O) groups is 1. The van der Waals surface area contributed by atoms with Gasteiger partial charge in [0.05, 0.1) is 0 Å². The van der Waals surface area contributed by atoms with E-state index in [9.17, 15) is 4.79 Å². The van der Waals surface area contributed by atoms with Gasteiger partial charge >= 0.3 is 0 Å². The average molecular weight is 184 g/mol. The second-order valence-electron chi connectivity index (χ2n) is 3.32. The number of hydrogen-bond acceptors (Lipinski definition) is 2. The van der Waals surface area contributed by atoms with Gasteiger partial charge in [0.25, 0.3) is 5.91 Å². The summed E-state index contributed by atoms with van der Waals surface area (Å²) in [5, 5.41) is 2.92. The Morgan fingerprint density at radius 3 is 2.38 bits per heavy atom. The largest absolute Gasteiger partial charge is 0.337 e. The van der Waals surface area contributed by atoms with E-state index >= 15 is 0 Å². The van der Waals surface area contributed by atoms with E-state index in [1.54, 1.807) is 4.90 Å². The van der Waals surface area contributed by atoms with E-state index in [2.05, 4.69) is 11.9 Å². The van der Waals surface area contributed by atoms with Crippen LogP contribution in [0.15, 0.2) is 12.2 Å². The molecule has 0 aliphatic carbocycles. The van der Waals surface area contributed by atoms with Crippen LogP contribution in [0.1, 0.15) is 20.8 Å². The Bertz CT molecular complexity index is 187. The number of nitrogens with zero attached hydrogens (tertiary/aromatic N) is 1. The molecule has 0 aromatic carbocycles. The number of nitrogens with one attached hydrogen (secondary N) is 1. The van der Waals surface area contributed by atoms with Gasteiger partial charge in [-0.2, -0.15) is 0 Å². The highest BCUT2D eigenvalue weighted by Crippen LogP contribution is 2.03. The molecule has 0 rings (SSSR count). The molecule has 0 heterocycles. The predicted molar refractivity (Wildman–Crippen MR) is 55.6 cm³/mol. The highest BCUT2D eigenvalue weighted by molar-refractivity contribution is 5.93. The van der Waals surface area contributed by atoms with Crippen LogP contribution in [0.2, 0.25) is 0 Å². The summed E-state index contributed by atoms with van der Waals surface area (Å²) in [7, 11) is 1.81. The van der Waals surface area contributed by atoms with Gasteiger partial charge < -0.3 is 10.2 Å². The van der Waals surface area contributed by atoms with Crippen molar-refractivity contribution in [2.75, 3.05) is 20.1 Å². The lowest BCUT2D eigenvalue weighted by molar-refractivity contribution is -0.128. The Morgan fingerprint density at radius 1 is 1.54 bits per heavy atom. The van der Waals surface area contributed by atoms with Crippen LogP contribution in [0.5, 0.6) is 0 Å². The smallest absolute Gasteiger partial charge is 0.250 e. The summed E-state index contributed by atoms with van der Waals surface area (Å²) in [5.74, 6) is 0.0480. The molecule has 0 fully saturated rings. The maximum Gasteiger partial charge on any atom is 0.250 e. The molecule has 0 aliphatic rings.